The Hall–Kier alpha value is -1.51. The molecule has 2 aliphatic rings. The normalized spacial score (nSPS) is 25.1. The van der Waals surface area contributed by atoms with E-state index in [9.17, 15) is 0 Å². The van der Waals surface area contributed by atoms with Crippen molar-refractivity contribution in [2.75, 3.05) is 14.2 Å². The SMILES string of the molecule is COC1=NC2C=CC=CC=C2N1C. The highest BCUT2D eigenvalue weighted by atomic mass is 16.5. The molecule has 1 heterocycles. The number of amidine groups is 1. The topological polar surface area (TPSA) is 24.8 Å². The van der Waals surface area contributed by atoms with Crippen LogP contribution in [0, 0.1) is 0 Å². The van der Waals surface area contributed by atoms with Gasteiger partial charge in [0.1, 0.15) is 6.04 Å². The van der Waals surface area contributed by atoms with Crippen LogP contribution in [0.2, 0.25) is 0 Å². The second kappa shape index (κ2) is 3.09. The summed E-state index contributed by atoms with van der Waals surface area (Å²) in [6.07, 6.45) is 10.1. The third kappa shape index (κ3) is 1.26. The van der Waals surface area contributed by atoms with Gasteiger partial charge in [-0.3, -0.25) is 0 Å². The van der Waals surface area contributed by atoms with Crippen molar-refractivity contribution in [3.8, 4) is 0 Å². The van der Waals surface area contributed by atoms with Crippen molar-refractivity contribution in [1.82, 2.24) is 4.90 Å². The molecule has 68 valence electrons. The van der Waals surface area contributed by atoms with Crippen LogP contribution in [-0.2, 0) is 4.74 Å². The Morgan fingerprint density at radius 3 is 3.00 bits per heavy atom. The van der Waals surface area contributed by atoms with E-state index in [1.54, 1.807) is 7.11 Å². The van der Waals surface area contributed by atoms with Crippen LogP contribution in [0.3, 0.4) is 0 Å². The molecule has 3 heteroatoms. The van der Waals surface area contributed by atoms with Gasteiger partial charge in [0.05, 0.1) is 12.8 Å². The van der Waals surface area contributed by atoms with E-state index in [0.29, 0.717) is 6.02 Å². The maximum atomic E-state index is 5.13. The molecule has 1 unspecified atom stereocenters. The summed E-state index contributed by atoms with van der Waals surface area (Å²) in [6.45, 7) is 0. The summed E-state index contributed by atoms with van der Waals surface area (Å²) in [5, 5.41) is 0. The Kier molecular flexibility index (Phi) is 1.93. The van der Waals surface area contributed by atoms with Crippen molar-refractivity contribution in [3.63, 3.8) is 0 Å². The summed E-state index contributed by atoms with van der Waals surface area (Å²) in [4.78, 5) is 6.36. The fourth-order valence-electron chi connectivity index (χ4n) is 1.51. The van der Waals surface area contributed by atoms with E-state index in [0.717, 1.165) is 5.70 Å². The first-order valence-electron chi connectivity index (χ1n) is 4.23. The minimum Gasteiger partial charge on any atom is -0.468 e. The zero-order chi connectivity index (χ0) is 9.26. The highest BCUT2D eigenvalue weighted by molar-refractivity contribution is 5.79. The quantitative estimate of drug-likeness (QED) is 0.556. The van der Waals surface area contributed by atoms with Crippen molar-refractivity contribution < 1.29 is 4.74 Å². The zero-order valence-corrected chi connectivity index (χ0v) is 7.77. The average molecular weight is 176 g/mol. The number of nitrogens with zero attached hydrogens (tertiary/aromatic N) is 2. The highest BCUT2D eigenvalue weighted by Crippen LogP contribution is 2.22. The number of methoxy groups -OCH3 is 1. The van der Waals surface area contributed by atoms with Gasteiger partial charge < -0.3 is 9.64 Å². The number of aliphatic imine (C=N–C) groups is 1. The third-order valence-electron chi connectivity index (χ3n) is 2.19. The Labute approximate surface area is 77.7 Å². The summed E-state index contributed by atoms with van der Waals surface area (Å²) in [7, 11) is 3.60. The van der Waals surface area contributed by atoms with E-state index in [1.165, 1.54) is 0 Å². The maximum absolute atomic E-state index is 5.13. The molecule has 0 spiro atoms. The molecule has 0 aromatic rings. The number of ether oxygens (including phenoxy) is 1. The van der Waals surface area contributed by atoms with Crippen LogP contribution in [0.4, 0.5) is 0 Å². The lowest BCUT2D eigenvalue weighted by atomic mass is 10.2. The average Bonchev–Trinajstić information content (AvgIpc) is 2.37. The molecule has 0 aromatic carbocycles. The molecule has 0 aromatic heterocycles. The van der Waals surface area contributed by atoms with E-state index in [1.807, 2.05) is 30.2 Å². The van der Waals surface area contributed by atoms with Gasteiger partial charge >= 0.3 is 0 Å². The van der Waals surface area contributed by atoms with Gasteiger partial charge in [-0.05, 0) is 6.08 Å². The minimum absolute atomic E-state index is 0.120. The van der Waals surface area contributed by atoms with Gasteiger partial charge in [0.15, 0.2) is 0 Å². The predicted molar refractivity (Wildman–Crippen MR) is 52.4 cm³/mol. The van der Waals surface area contributed by atoms with Crippen LogP contribution >= 0.6 is 0 Å². The lowest BCUT2D eigenvalue weighted by Gasteiger charge is -2.14. The predicted octanol–water partition coefficient (Wildman–Crippen LogP) is 1.31. The summed E-state index contributed by atoms with van der Waals surface area (Å²) in [5.74, 6) is 0. The number of allylic oxidation sites excluding steroid dienone is 4. The van der Waals surface area contributed by atoms with Crippen LogP contribution in [0.25, 0.3) is 0 Å². The second-order valence-corrected chi connectivity index (χ2v) is 2.98. The minimum atomic E-state index is 0.120. The van der Waals surface area contributed by atoms with Gasteiger partial charge in [-0.1, -0.05) is 24.3 Å². The largest absolute Gasteiger partial charge is 0.468 e. The highest BCUT2D eigenvalue weighted by Gasteiger charge is 2.26. The van der Waals surface area contributed by atoms with Gasteiger partial charge in [0, 0.05) is 7.05 Å². The van der Waals surface area contributed by atoms with Crippen LogP contribution in [-0.4, -0.2) is 31.1 Å². The zero-order valence-electron chi connectivity index (χ0n) is 7.77. The van der Waals surface area contributed by atoms with Crippen LogP contribution in [0.1, 0.15) is 0 Å². The molecule has 0 radical (unpaired) electrons. The molecule has 0 bridgehead atoms. The lowest BCUT2D eigenvalue weighted by molar-refractivity contribution is 0.345. The summed E-state index contributed by atoms with van der Waals surface area (Å²) in [5.41, 5.74) is 1.15. The molecule has 0 amide bonds. The second-order valence-electron chi connectivity index (χ2n) is 2.98. The number of likely N-dealkylation sites (N-methyl/N-ethyl adjacent to an activating group) is 1. The Morgan fingerprint density at radius 1 is 1.38 bits per heavy atom. The van der Waals surface area contributed by atoms with Crippen molar-refractivity contribution in [2.24, 2.45) is 4.99 Å². The van der Waals surface area contributed by atoms with Crippen molar-refractivity contribution in [2.45, 2.75) is 6.04 Å². The smallest absolute Gasteiger partial charge is 0.292 e. The maximum Gasteiger partial charge on any atom is 0.292 e. The third-order valence-corrected chi connectivity index (χ3v) is 2.19. The molecule has 0 fully saturated rings. The number of hydrogen-bond donors (Lipinski definition) is 0. The fourth-order valence-corrected chi connectivity index (χ4v) is 1.51. The fraction of sp³-hybridized carbons (Fsp3) is 0.300. The number of rotatable bonds is 0. The number of hydrogen-bond acceptors (Lipinski definition) is 3. The molecule has 0 saturated heterocycles. The molecule has 2 rings (SSSR count). The monoisotopic (exact) mass is 176 g/mol. The van der Waals surface area contributed by atoms with Crippen molar-refractivity contribution in [1.29, 1.82) is 0 Å². The summed E-state index contributed by atoms with van der Waals surface area (Å²) < 4.78 is 5.13. The van der Waals surface area contributed by atoms with Gasteiger partial charge in [-0.15, -0.1) is 0 Å². The van der Waals surface area contributed by atoms with E-state index in [4.69, 9.17) is 4.74 Å². The van der Waals surface area contributed by atoms with Crippen LogP contribution in [0.15, 0.2) is 41.1 Å². The molecule has 3 nitrogen and oxygen atoms in total. The van der Waals surface area contributed by atoms with E-state index in [-0.39, 0.29) is 6.04 Å². The standard InChI is InChI=1S/C10H12N2O/c1-12-9-7-5-3-4-6-8(9)11-10(12)13-2/h3-8H,1-2H3. The first kappa shape index (κ1) is 8.10. The molecule has 1 aliphatic carbocycles. The molecule has 0 N–H and O–H groups in total. The summed E-state index contributed by atoms with van der Waals surface area (Å²) in [6, 6.07) is 0.797. The molecule has 0 saturated carbocycles. The summed E-state index contributed by atoms with van der Waals surface area (Å²) >= 11 is 0. The van der Waals surface area contributed by atoms with Gasteiger partial charge in [0.2, 0.25) is 0 Å². The van der Waals surface area contributed by atoms with Crippen LogP contribution < -0.4 is 0 Å². The Morgan fingerprint density at radius 2 is 2.23 bits per heavy atom. The van der Waals surface area contributed by atoms with E-state index in [2.05, 4.69) is 17.1 Å². The Bertz CT molecular complexity index is 326. The molecular formula is C10H12N2O. The van der Waals surface area contributed by atoms with Crippen molar-refractivity contribution >= 4 is 6.02 Å². The molecule has 13 heavy (non-hydrogen) atoms. The van der Waals surface area contributed by atoms with Crippen LogP contribution in [0.5, 0.6) is 0 Å². The number of fused-ring (bicyclic) bond motifs is 1. The van der Waals surface area contributed by atoms with Gasteiger partial charge in [0.25, 0.3) is 6.02 Å². The Balaban J connectivity index is 2.34. The molecule has 1 atom stereocenters. The van der Waals surface area contributed by atoms with E-state index < -0.39 is 0 Å². The first-order valence-corrected chi connectivity index (χ1v) is 4.23. The molecule has 1 aliphatic heterocycles. The van der Waals surface area contributed by atoms with Gasteiger partial charge in [-0.2, -0.15) is 0 Å². The first-order chi connectivity index (χ1) is 6.33. The lowest BCUT2D eigenvalue weighted by Crippen LogP contribution is -2.23. The molecular weight excluding hydrogens is 164 g/mol. The van der Waals surface area contributed by atoms with E-state index >= 15 is 0 Å². The van der Waals surface area contributed by atoms with Gasteiger partial charge in [-0.25, -0.2) is 4.99 Å². The van der Waals surface area contributed by atoms with Crippen molar-refractivity contribution in [3.05, 3.63) is 36.1 Å².